The van der Waals surface area contributed by atoms with Crippen LogP contribution in [0.2, 0.25) is 18.1 Å². The molecular weight excluding hydrogens is 472 g/mol. The highest BCUT2D eigenvalue weighted by Crippen LogP contribution is 2.46. The number of hydrogen-bond acceptors (Lipinski definition) is 9. The van der Waals surface area contributed by atoms with Crippen LogP contribution in [0.1, 0.15) is 54.4 Å². The maximum atomic E-state index is 12.1. The third-order valence-electron chi connectivity index (χ3n) is 6.78. The van der Waals surface area contributed by atoms with Crippen LogP contribution < -0.4 is 0 Å². The molecule has 0 aromatic rings. The molecule has 0 aliphatic carbocycles. The summed E-state index contributed by atoms with van der Waals surface area (Å²) in [5.74, 6) is -3.53. The first-order chi connectivity index (χ1) is 15.9. The van der Waals surface area contributed by atoms with Crippen LogP contribution in [0, 0.1) is 5.41 Å². The minimum absolute atomic E-state index is 0.0308. The summed E-state index contributed by atoms with van der Waals surface area (Å²) < 4.78 is 22.4. The molecule has 200 valence electrons. The van der Waals surface area contributed by atoms with Gasteiger partial charge in [0.25, 0.3) is 0 Å². The Balaban J connectivity index is 3.34. The number of aliphatic hydroxyl groups excluding tert-OH is 1. The SMILES string of the molecule is COC(=O)/C=C1\C[C@@H](CC(O)CO[Si](C)(C)C(C)(C)C)O[C@@](O)(C(C)(C)/C=C/C=O)[C@H]1OC(C)=O. The highest BCUT2D eigenvalue weighted by atomic mass is 28.4. The van der Waals surface area contributed by atoms with Gasteiger partial charge < -0.3 is 28.8 Å². The summed E-state index contributed by atoms with van der Waals surface area (Å²) in [4.78, 5) is 35.0. The van der Waals surface area contributed by atoms with E-state index in [9.17, 15) is 24.6 Å². The standard InChI is InChI=1S/C25H42O9Si/c1-17(27)33-22-18(14-21(29)31-7)13-20(34-25(22,30)24(5,6)11-10-12-26)15-19(28)16-32-35(8,9)23(2,3)4/h10-12,14,19-20,22,28,30H,13,15-16H2,1-9H3/b11-10+,18-14+/t19?,20-,22-,25+/m0/s1. The molecule has 0 radical (unpaired) electrons. The maximum Gasteiger partial charge on any atom is 0.330 e. The zero-order valence-corrected chi connectivity index (χ0v) is 23.4. The van der Waals surface area contributed by atoms with E-state index in [2.05, 4.69) is 33.9 Å². The van der Waals surface area contributed by atoms with Crippen molar-refractivity contribution in [2.75, 3.05) is 13.7 Å². The second-order valence-corrected chi connectivity index (χ2v) is 15.9. The quantitative estimate of drug-likeness (QED) is 0.196. The van der Waals surface area contributed by atoms with E-state index in [-0.39, 0.29) is 30.1 Å². The molecule has 0 amide bonds. The van der Waals surface area contributed by atoms with Gasteiger partial charge in [0.15, 0.2) is 14.4 Å². The Labute approximate surface area is 209 Å². The van der Waals surface area contributed by atoms with Crippen molar-refractivity contribution in [3.63, 3.8) is 0 Å². The molecule has 0 bridgehead atoms. The predicted molar refractivity (Wildman–Crippen MR) is 133 cm³/mol. The molecule has 2 N–H and O–H groups in total. The van der Waals surface area contributed by atoms with E-state index >= 15 is 0 Å². The number of carbonyl (C=O) groups is 3. The second kappa shape index (κ2) is 11.9. The number of carbonyl (C=O) groups excluding carboxylic acids is 3. The van der Waals surface area contributed by atoms with Gasteiger partial charge in [-0.2, -0.15) is 0 Å². The summed E-state index contributed by atoms with van der Waals surface area (Å²) in [6, 6.07) is 0. The van der Waals surface area contributed by atoms with E-state index in [4.69, 9.17) is 18.6 Å². The molecule has 9 nitrogen and oxygen atoms in total. The van der Waals surface area contributed by atoms with Crippen molar-refractivity contribution >= 4 is 26.5 Å². The number of rotatable bonds is 10. The Bertz CT molecular complexity index is 825. The largest absolute Gasteiger partial charge is 0.466 e. The van der Waals surface area contributed by atoms with Crippen LogP contribution in [0.4, 0.5) is 0 Å². The highest BCUT2D eigenvalue weighted by molar-refractivity contribution is 6.74. The second-order valence-electron chi connectivity index (χ2n) is 11.1. The number of methoxy groups -OCH3 is 1. The van der Waals surface area contributed by atoms with Gasteiger partial charge in [0, 0.05) is 24.8 Å². The van der Waals surface area contributed by atoms with Crippen LogP contribution in [-0.2, 0) is 33.0 Å². The molecule has 0 spiro atoms. The molecule has 0 saturated carbocycles. The van der Waals surface area contributed by atoms with E-state index in [0.717, 1.165) is 6.08 Å². The molecule has 1 aliphatic rings. The molecule has 0 aromatic carbocycles. The topological polar surface area (TPSA) is 129 Å². The Hall–Kier alpha value is -1.85. The van der Waals surface area contributed by atoms with Gasteiger partial charge in [-0.1, -0.05) is 40.7 Å². The summed E-state index contributed by atoms with van der Waals surface area (Å²) in [7, 11) is -0.888. The molecule has 1 heterocycles. The number of ether oxygens (including phenoxy) is 3. The molecule has 1 rings (SSSR count). The van der Waals surface area contributed by atoms with Gasteiger partial charge in [-0.15, -0.1) is 0 Å². The van der Waals surface area contributed by atoms with Crippen molar-refractivity contribution < 1.29 is 43.2 Å². The van der Waals surface area contributed by atoms with Crippen LogP contribution in [0.25, 0.3) is 0 Å². The van der Waals surface area contributed by atoms with Crippen LogP contribution in [0.3, 0.4) is 0 Å². The minimum Gasteiger partial charge on any atom is -0.466 e. The Morgan fingerprint density at radius 3 is 2.34 bits per heavy atom. The molecule has 1 unspecified atom stereocenters. The van der Waals surface area contributed by atoms with Crippen molar-refractivity contribution in [2.45, 2.75) is 96.6 Å². The van der Waals surface area contributed by atoms with Gasteiger partial charge in [-0.05, 0) is 36.2 Å². The molecule has 1 saturated heterocycles. The Morgan fingerprint density at radius 2 is 1.86 bits per heavy atom. The molecule has 0 aromatic heterocycles. The van der Waals surface area contributed by atoms with Gasteiger partial charge >= 0.3 is 11.9 Å². The third kappa shape index (κ3) is 8.08. The van der Waals surface area contributed by atoms with Crippen LogP contribution in [-0.4, -0.2) is 74.6 Å². The van der Waals surface area contributed by atoms with Gasteiger partial charge in [0.2, 0.25) is 5.79 Å². The normalized spacial score (nSPS) is 26.0. The number of aliphatic hydroxyl groups is 2. The first kappa shape index (κ1) is 31.2. The molecule has 35 heavy (non-hydrogen) atoms. The fraction of sp³-hybridized carbons (Fsp3) is 0.720. The number of aldehydes is 1. The fourth-order valence-corrected chi connectivity index (χ4v) is 4.60. The van der Waals surface area contributed by atoms with Gasteiger partial charge in [0.05, 0.1) is 25.9 Å². The number of esters is 2. The fourth-order valence-electron chi connectivity index (χ4n) is 3.56. The molecule has 1 aliphatic heterocycles. The lowest BCUT2D eigenvalue weighted by Crippen LogP contribution is -2.62. The summed E-state index contributed by atoms with van der Waals surface area (Å²) in [5.41, 5.74) is -0.958. The molecule has 10 heteroatoms. The summed E-state index contributed by atoms with van der Waals surface area (Å²) in [6.07, 6.45) is 1.55. The van der Waals surface area contributed by atoms with E-state index in [1.807, 2.05) is 0 Å². The maximum absolute atomic E-state index is 12.1. The van der Waals surface area contributed by atoms with Gasteiger partial charge in [-0.3, -0.25) is 9.59 Å². The number of hydrogen-bond donors (Lipinski definition) is 2. The summed E-state index contributed by atoms with van der Waals surface area (Å²) in [5, 5.41) is 22.5. The third-order valence-corrected chi connectivity index (χ3v) is 11.3. The van der Waals surface area contributed by atoms with E-state index in [1.54, 1.807) is 13.8 Å². The van der Waals surface area contributed by atoms with E-state index in [1.165, 1.54) is 26.2 Å². The molecular formula is C25H42O9Si. The smallest absolute Gasteiger partial charge is 0.330 e. The van der Waals surface area contributed by atoms with Crippen LogP contribution in [0.5, 0.6) is 0 Å². The zero-order valence-electron chi connectivity index (χ0n) is 22.4. The average molecular weight is 515 g/mol. The van der Waals surface area contributed by atoms with Crippen molar-refractivity contribution in [3.05, 3.63) is 23.8 Å². The van der Waals surface area contributed by atoms with Crippen molar-refractivity contribution in [1.29, 1.82) is 0 Å². The van der Waals surface area contributed by atoms with Crippen molar-refractivity contribution in [2.24, 2.45) is 5.41 Å². The lowest BCUT2D eigenvalue weighted by molar-refractivity contribution is -0.326. The zero-order chi connectivity index (χ0) is 27.2. The van der Waals surface area contributed by atoms with E-state index < -0.39 is 49.8 Å². The minimum atomic E-state index is -2.15. The Morgan fingerprint density at radius 1 is 1.26 bits per heavy atom. The first-order valence-electron chi connectivity index (χ1n) is 11.7. The van der Waals surface area contributed by atoms with Gasteiger partial charge in [0.1, 0.15) is 6.29 Å². The monoisotopic (exact) mass is 514 g/mol. The van der Waals surface area contributed by atoms with Crippen molar-refractivity contribution in [3.8, 4) is 0 Å². The number of allylic oxidation sites excluding steroid dienone is 1. The molecule has 1 fully saturated rings. The summed E-state index contributed by atoms with van der Waals surface area (Å²) >= 11 is 0. The van der Waals surface area contributed by atoms with Crippen molar-refractivity contribution in [1.82, 2.24) is 0 Å². The van der Waals surface area contributed by atoms with Crippen LogP contribution >= 0.6 is 0 Å². The summed E-state index contributed by atoms with van der Waals surface area (Å²) in [6.45, 7) is 15.0. The lowest BCUT2D eigenvalue weighted by Gasteiger charge is -2.50. The first-order valence-corrected chi connectivity index (χ1v) is 14.6. The molecule has 4 atom stereocenters. The Kier molecular flexibility index (Phi) is 10.6. The van der Waals surface area contributed by atoms with E-state index in [0.29, 0.717) is 6.29 Å². The predicted octanol–water partition coefficient (Wildman–Crippen LogP) is 3.05. The van der Waals surface area contributed by atoms with Crippen LogP contribution in [0.15, 0.2) is 23.8 Å². The lowest BCUT2D eigenvalue weighted by atomic mass is 9.74. The average Bonchev–Trinajstić information content (AvgIpc) is 2.72. The highest BCUT2D eigenvalue weighted by Gasteiger charge is 2.57. The van der Waals surface area contributed by atoms with Gasteiger partial charge in [-0.25, -0.2) is 4.79 Å².